The van der Waals surface area contributed by atoms with Gasteiger partial charge in [0, 0.05) is 21.2 Å². The van der Waals surface area contributed by atoms with Gasteiger partial charge in [-0.1, -0.05) is 248 Å². The van der Waals surface area contributed by atoms with E-state index in [2.05, 4.69) is 278 Å². The Morgan fingerprint density at radius 1 is 0.271 bits per heavy atom. The fraction of sp³-hybridized carbons (Fsp3) is 0.0294. The highest BCUT2D eigenvalue weighted by Crippen LogP contribution is 2.63. The zero-order valence-electron chi connectivity index (χ0n) is 38.3. The molecule has 0 N–H and O–H groups in total. The summed E-state index contributed by atoms with van der Waals surface area (Å²) in [5, 5.41) is 0. The summed E-state index contributed by atoms with van der Waals surface area (Å²) < 4.78 is 0. The molecule has 0 unspecified atom stereocenters. The Hall–Kier alpha value is -8.43. The van der Waals surface area contributed by atoms with Crippen LogP contribution in [-0.2, 0) is 10.8 Å². The smallest absolute Gasteiger partial charge is 0.0736 e. The number of fused-ring (bicyclic) bond motifs is 14. The van der Waals surface area contributed by atoms with Crippen LogP contribution in [0, 0.1) is 0 Å². The van der Waals surface area contributed by atoms with Gasteiger partial charge in [-0.2, -0.15) is 0 Å². The van der Waals surface area contributed by atoms with Crippen LogP contribution in [0.3, 0.4) is 0 Å². The molecule has 0 saturated carbocycles. The molecule has 11 aromatic rings. The van der Waals surface area contributed by atoms with E-state index in [9.17, 15) is 0 Å². The molecular formula is C68H45NS. The highest BCUT2D eigenvalue weighted by atomic mass is 32.2. The van der Waals surface area contributed by atoms with Gasteiger partial charge in [0.1, 0.15) is 0 Å². The van der Waals surface area contributed by atoms with Crippen LogP contribution in [-0.4, -0.2) is 0 Å². The minimum atomic E-state index is -0.641. The van der Waals surface area contributed by atoms with Crippen LogP contribution >= 0.6 is 11.8 Å². The van der Waals surface area contributed by atoms with Gasteiger partial charge in [0.05, 0.1) is 16.5 Å². The van der Waals surface area contributed by atoms with Gasteiger partial charge in [0.2, 0.25) is 0 Å². The molecule has 0 atom stereocenters. The number of hydrogen-bond donors (Lipinski definition) is 0. The maximum Gasteiger partial charge on any atom is 0.0736 e. The van der Waals surface area contributed by atoms with Gasteiger partial charge in [0.25, 0.3) is 0 Å². The van der Waals surface area contributed by atoms with Gasteiger partial charge in [-0.15, -0.1) is 0 Å². The summed E-state index contributed by atoms with van der Waals surface area (Å²) in [7, 11) is 0. The molecule has 14 rings (SSSR count). The molecule has 1 heterocycles. The van der Waals surface area contributed by atoms with Crippen molar-refractivity contribution in [2.24, 2.45) is 0 Å². The molecular weight excluding hydrogens is 863 g/mol. The average molecular weight is 908 g/mol. The first-order valence-electron chi connectivity index (χ1n) is 24.3. The highest BCUT2D eigenvalue weighted by Gasteiger charge is 2.50. The third kappa shape index (κ3) is 5.81. The Bertz CT molecular complexity index is 3690. The summed E-state index contributed by atoms with van der Waals surface area (Å²) in [6.45, 7) is 0. The molecule has 0 amide bonds. The molecule has 1 spiro atoms. The summed E-state index contributed by atoms with van der Waals surface area (Å²) in [6.07, 6.45) is 0. The minimum absolute atomic E-state index is 0.552. The fourth-order valence-electron chi connectivity index (χ4n) is 12.4. The zero-order chi connectivity index (χ0) is 46.2. The standard InChI is InChI=1S/C68H45NS/c1-4-21-46(22-5-1)47-39-41-50(42-40-47)69(51-43-44-57-56-31-14-15-32-58(56)67(63(57)45-51,48-23-6-2-7-24-48)49-25-8-3-9-26-49)64-37-20-36-62-66(64)70-65-38-19-18-35-61(65)68(62)59-33-16-12-29-54(59)52-27-10-11-28-53(52)55-30-13-17-34-60(55)68/h1-45H. The largest absolute Gasteiger partial charge is 0.309 e. The van der Waals surface area contributed by atoms with Crippen LogP contribution in [0.4, 0.5) is 17.1 Å². The maximum absolute atomic E-state index is 2.54. The van der Waals surface area contributed by atoms with Crippen molar-refractivity contribution in [3.8, 4) is 44.5 Å². The molecule has 3 aliphatic rings. The predicted molar refractivity (Wildman–Crippen MR) is 291 cm³/mol. The van der Waals surface area contributed by atoms with E-state index in [4.69, 9.17) is 0 Å². The van der Waals surface area contributed by atoms with Crippen molar-refractivity contribution >= 4 is 28.8 Å². The van der Waals surface area contributed by atoms with Gasteiger partial charge in [-0.3, -0.25) is 0 Å². The summed E-state index contributed by atoms with van der Waals surface area (Å²) in [5.41, 5.74) is 22.4. The molecule has 11 aromatic carbocycles. The van der Waals surface area contributed by atoms with Crippen molar-refractivity contribution in [2.75, 3.05) is 4.90 Å². The lowest BCUT2D eigenvalue weighted by Crippen LogP contribution is -2.35. The average Bonchev–Trinajstić information content (AvgIpc) is 3.68. The first kappa shape index (κ1) is 40.6. The lowest BCUT2D eigenvalue weighted by atomic mass is 9.63. The second-order valence-electron chi connectivity index (χ2n) is 18.6. The zero-order valence-corrected chi connectivity index (χ0v) is 39.2. The van der Waals surface area contributed by atoms with E-state index < -0.39 is 10.8 Å². The van der Waals surface area contributed by atoms with E-state index in [1.807, 2.05) is 11.8 Å². The Kier molecular flexibility index (Phi) is 9.34. The van der Waals surface area contributed by atoms with Crippen molar-refractivity contribution in [3.05, 3.63) is 317 Å². The molecule has 0 bridgehead atoms. The molecule has 2 heteroatoms. The van der Waals surface area contributed by atoms with E-state index in [1.54, 1.807) is 0 Å². The third-order valence-corrected chi connectivity index (χ3v) is 16.5. The lowest BCUT2D eigenvalue weighted by Gasteiger charge is -2.44. The normalized spacial score (nSPS) is 13.9. The minimum Gasteiger partial charge on any atom is -0.309 e. The first-order chi connectivity index (χ1) is 34.7. The van der Waals surface area contributed by atoms with Crippen molar-refractivity contribution in [3.63, 3.8) is 0 Å². The van der Waals surface area contributed by atoms with Crippen LogP contribution in [0.5, 0.6) is 0 Å². The molecule has 2 aliphatic carbocycles. The Balaban J connectivity index is 1.07. The summed E-state index contributed by atoms with van der Waals surface area (Å²) in [4.78, 5) is 5.04. The van der Waals surface area contributed by atoms with Crippen LogP contribution in [0.1, 0.15) is 44.5 Å². The van der Waals surface area contributed by atoms with Gasteiger partial charge >= 0.3 is 0 Å². The molecule has 0 radical (unpaired) electrons. The summed E-state index contributed by atoms with van der Waals surface area (Å²) in [6, 6.07) is 102. The van der Waals surface area contributed by atoms with Crippen molar-refractivity contribution in [1.29, 1.82) is 0 Å². The Labute approximate surface area is 414 Å². The third-order valence-electron chi connectivity index (χ3n) is 15.2. The highest BCUT2D eigenvalue weighted by molar-refractivity contribution is 7.99. The molecule has 0 aromatic heterocycles. The van der Waals surface area contributed by atoms with Gasteiger partial charge < -0.3 is 4.90 Å². The maximum atomic E-state index is 2.54. The van der Waals surface area contributed by atoms with Crippen molar-refractivity contribution in [2.45, 2.75) is 20.6 Å². The number of anilines is 3. The molecule has 0 fully saturated rings. The quantitative estimate of drug-likeness (QED) is 0.164. The Morgan fingerprint density at radius 2 is 0.700 bits per heavy atom. The molecule has 1 aliphatic heterocycles. The fourth-order valence-corrected chi connectivity index (χ4v) is 13.7. The number of benzene rings is 11. The topological polar surface area (TPSA) is 3.24 Å². The summed E-state index contributed by atoms with van der Waals surface area (Å²) in [5.74, 6) is 0. The molecule has 328 valence electrons. The second kappa shape index (κ2) is 16.1. The van der Waals surface area contributed by atoms with Gasteiger partial charge in [-0.05, 0) is 125 Å². The molecule has 1 nitrogen and oxygen atoms in total. The lowest BCUT2D eigenvalue weighted by molar-refractivity contribution is 0.708. The number of rotatable bonds is 6. The number of nitrogens with zero attached hydrogens (tertiary/aromatic N) is 1. The SMILES string of the molecule is c1ccc(-c2ccc(N(c3ccc4c(c3)C(c3ccccc3)(c3ccccc3)c3ccccc3-4)c3cccc4c3Sc3ccccc3C43c4ccccc4-c4ccccc4-c4ccccc43)cc2)cc1. The second-order valence-corrected chi connectivity index (χ2v) is 19.7. The number of hydrogen-bond acceptors (Lipinski definition) is 2. The van der Waals surface area contributed by atoms with Crippen molar-refractivity contribution in [1.82, 2.24) is 0 Å². The van der Waals surface area contributed by atoms with E-state index >= 15 is 0 Å². The van der Waals surface area contributed by atoms with Crippen LogP contribution in [0.2, 0.25) is 0 Å². The Morgan fingerprint density at radius 3 is 1.30 bits per heavy atom. The van der Waals surface area contributed by atoms with Gasteiger partial charge in [-0.25, -0.2) is 0 Å². The monoisotopic (exact) mass is 907 g/mol. The molecule has 70 heavy (non-hydrogen) atoms. The van der Waals surface area contributed by atoms with E-state index in [1.165, 1.54) is 98.8 Å². The van der Waals surface area contributed by atoms with E-state index in [0.29, 0.717) is 0 Å². The van der Waals surface area contributed by atoms with E-state index in [0.717, 1.165) is 17.1 Å². The molecule has 0 saturated heterocycles. The van der Waals surface area contributed by atoms with Crippen molar-refractivity contribution < 1.29 is 0 Å². The first-order valence-corrected chi connectivity index (χ1v) is 25.1. The van der Waals surface area contributed by atoms with Crippen LogP contribution < -0.4 is 4.90 Å². The van der Waals surface area contributed by atoms with E-state index in [-0.39, 0.29) is 0 Å². The van der Waals surface area contributed by atoms with Crippen LogP contribution in [0.25, 0.3) is 44.5 Å². The van der Waals surface area contributed by atoms with Crippen LogP contribution in [0.15, 0.2) is 283 Å². The summed E-state index contributed by atoms with van der Waals surface area (Å²) >= 11 is 1.90. The predicted octanol–water partition coefficient (Wildman–Crippen LogP) is 17.7. The van der Waals surface area contributed by atoms with Gasteiger partial charge in [0.15, 0.2) is 0 Å².